The number of hydrogen-bond acceptors (Lipinski definition) is 4. The molecule has 9 heteroatoms. The highest BCUT2D eigenvalue weighted by Gasteiger charge is 2.55. The minimum absolute atomic E-state index is 0.151. The van der Waals surface area contributed by atoms with E-state index in [2.05, 4.69) is 5.10 Å². The molecule has 3 atom stereocenters. The second-order valence-corrected chi connectivity index (χ2v) is 9.77. The fraction of sp³-hybridized carbons (Fsp3) is 0.360. The molecule has 176 valence electrons. The van der Waals surface area contributed by atoms with E-state index in [4.69, 9.17) is 9.72 Å². The summed E-state index contributed by atoms with van der Waals surface area (Å²) >= 11 is 0. The highest BCUT2D eigenvalue weighted by atomic mass is 19.3. The van der Waals surface area contributed by atoms with Gasteiger partial charge in [-0.15, -0.1) is 0 Å². The number of aromatic nitrogens is 4. The lowest BCUT2D eigenvalue weighted by Gasteiger charge is -2.21. The molecule has 6 nitrogen and oxygen atoms in total. The van der Waals surface area contributed by atoms with Crippen LogP contribution >= 0.6 is 0 Å². The van der Waals surface area contributed by atoms with Crippen molar-refractivity contribution >= 4 is 11.0 Å². The minimum Gasteiger partial charge on any atom is -0.434 e. The average molecular weight is 468 g/mol. The maximum atomic E-state index is 15.1. The molecule has 0 amide bonds. The molecule has 1 aliphatic carbocycles. The van der Waals surface area contributed by atoms with Crippen LogP contribution in [0.5, 0.6) is 5.75 Å². The Labute approximate surface area is 193 Å². The number of aliphatic hydroxyl groups is 1. The lowest BCUT2D eigenvalue weighted by Crippen LogP contribution is -2.26. The van der Waals surface area contributed by atoms with E-state index < -0.39 is 18.0 Å². The molecule has 4 aromatic rings. The van der Waals surface area contributed by atoms with Gasteiger partial charge < -0.3 is 14.4 Å². The maximum absolute atomic E-state index is 15.1. The van der Waals surface area contributed by atoms with E-state index in [1.165, 1.54) is 6.07 Å². The summed E-state index contributed by atoms with van der Waals surface area (Å²) in [4.78, 5) is 4.71. The number of imidazole rings is 1. The van der Waals surface area contributed by atoms with E-state index in [0.29, 0.717) is 22.2 Å². The van der Waals surface area contributed by atoms with Crippen LogP contribution in [-0.4, -0.2) is 36.7 Å². The molecule has 0 saturated heterocycles. The van der Waals surface area contributed by atoms with Gasteiger partial charge in [0.15, 0.2) is 0 Å². The Kier molecular flexibility index (Phi) is 4.58. The van der Waals surface area contributed by atoms with Crippen LogP contribution in [-0.2, 0) is 6.54 Å². The summed E-state index contributed by atoms with van der Waals surface area (Å²) in [5, 5.41) is 14.3. The van der Waals surface area contributed by atoms with E-state index in [-0.39, 0.29) is 30.2 Å². The van der Waals surface area contributed by atoms with E-state index in [0.717, 1.165) is 17.8 Å². The minimum atomic E-state index is -2.92. The van der Waals surface area contributed by atoms with Crippen molar-refractivity contribution < 1.29 is 23.0 Å². The molecule has 6 rings (SSSR count). The number of benzene rings is 2. The zero-order valence-corrected chi connectivity index (χ0v) is 18.6. The van der Waals surface area contributed by atoms with Gasteiger partial charge in [-0.05, 0) is 38.3 Å². The topological polar surface area (TPSA) is 65.1 Å². The quantitative estimate of drug-likeness (QED) is 0.427. The molecule has 2 aliphatic rings. The number of para-hydroxylation sites is 1. The van der Waals surface area contributed by atoms with Gasteiger partial charge in [0.1, 0.15) is 17.4 Å². The predicted octanol–water partition coefficient (Wildman–Crippen LogP) is 5.12. The summed E-state index contributed by atoms with van der Waals surface area (Å²) in [6, 6.07) is 9.80. The molecule has 2 aromatic heterocycles. The summed E-state index contributed by atoms with van der Waals surface area (Å²) in [5.74, 6) is 1.05. The number of fused-ring (bicyclic) bond motifs is 5. The Morgan fingerprint density at radius 1 is 1.24 bits per heavy atom. The molecule has 0 spiro atoms. The second-order valence-electron chi connectivity index (χ2n) is 9.77. The van der Waals surface area contributed by atoms with Gasteiger partial charge in [0.2, 0.25) is 0 Å². The number of alkyl halides is 2. The van der Waals surface area contributed by atoms with Crippen LogP contribution in [0.1, 0.15) is 43.6 Å². The summed E-state index contributed by atoms with van der Waals surface area (Å²) in [6.07, 6.45) is 4.18. The Morgan fingerprint density at radius 2 is 2.03 bits per heavy atom. The highest BCUT2D eigenvalue weighted by Crippen LogP contribution is 2.63. The van der Waals surface area contributed by atoms with Crippen LogP contribution in [0, 0.1) is 11.7 Å². The van der Waals surface area contributed by atoms with Crippen molar-refractivity contribution in [2.45, 2.75) is 51.0 Å². The summed E-state index contributed by atoms with van der Waals surface area (Å²) in [7, 11) is 0. The number of halogens is 3. The SMILES string of the molecule is CC(C)(O)Cn1cc(-c2cc3c(cc2F)nc2n3[C@@H](c3ccccc3OC(F)F)[C@H]3C[C@@H]23)cn1. The van der Waals surface area contributed by atoms with Crippen molar-refractivity contribution in [3.63, 3.8) is 0 Å². The Hall–Kier alpha value is -3.33. The molecule has 1 fully saturated rings. The second kappa shape index (κ2) is 7.33. The predicted molar refractivity (Wildman–Crippen MR) is 119 cm³/mol. The van der Waals surface area contributed by atoms with Crippen molar-refractivity contribution in [2.75, 3.05) is 0 Å². The van der Waals surface area contributed by atoms with E-state index >= 15 is 4.39 Å². The standard InChI is InChI=1S/C25H23F3N4O2/c1-25(2,33)12-31-11-13(10-29-31)15-8-20-19(9-18(15)26)30-23-17-7-16(17)22(32(20)23)14-5-3-4-6-21(14)34-24(27)28/h3-6,8-11,16-17,22,24,33H,7,12H2,1-2H3/t16-,17+,22-/m0/s1. The van der Waals surface area contributed by atoms with Crippen molar-refractivity contribution in [1.29, 1.82) is 0 Å². The zero-order valence-electron chi connectivity index (χ0n) is 18.6. The van der Waals surface area contributed by atoms with Gasteiger partial charge in [0, 0.05) is 34.9 Å². The fourth-order valence-corrected chi connectivity index (χ4v) is 5.25. The molecule has 0 bridgehead atoms. The van der Waals surface area contributed by atoms with Crippen LogP contribution < -0.4 is 4.74 Å². The van der Waals surface area contributed by atoms with Gasteiger partial charge in [-0.3, -0.25) is 4.68 Å². The van der Waals surface area contributed by atoms with Crippen LogP contribution in [0.15, 0.2) is 48.8 Å². The normalized spacial score (nSPS) is 21.2. The highest BCUT2D eigenvalue weighted by molar-refractivity contribution is 5.84. The van der Waals surface area contributed by atoms with Gasteiger partial charge in [-0.2, -0.15) is 13.9 Å². The van der Waals surface area contributed by atoms with Gasteiger partial charge in [-0.25, -0.2) is 9.37 Å². The summed E-state index contributed by atoms with van der Waals surface area (Å²) in [5.41, 5.74) is 1.94. The molecule has 34 heavy (non-hydrogen) atoms. The van der Waals surface area contributed by atoms with Crippen molar-refractivity contribution in [3.8, 4) is 16.9 Å². The van der Waals surface area contributed by atoms with Gasteiger partial charge in [0.05, 0.1) is 35.4 Å². The molecule has 1 aliphatic heterocycles. The number of hydrogen-bond donors (Lipinski definition) is 1. The first kappa shape index (κ1) is 21.2. The third-order valence-electron chi connectivity index (χ3n) is 6.61. The Balaban J connectivity index is 1.46. The third kappa shape index (κ3) is 3.46. The van der Waals surface area contributed by atoms with Gasteiger partial charge in [0.25, 0.3) is 0 Å². The van der Waals surface area contributed by atoms with Crippen molar-refractivity contribution in [1.82, 2.24) is 19.3 Å². The molecule has 0 unspecified atom stereocenters. The average Bonchev–Trinajstić information content (AvgIpc) is 3.08. The van der Waals surface area contributed by atoms with Crippen molar-refractivity contribution in [2.24, 2.45) is 5.92 Å². The molecular formula is C25H23F3N4O2. The van der Waals surface area contributed by atoms with Crippen LogP contribution in [0.2, 0.25) is 0 Å². The van der Waals surface area contributed by atoms with E-state index in [9.17, 15) is 13.9 Å². The molecule has 0 radical (unpaired) electrons. The Morgan fingerprint density at radius 3 is 2.79 bits per heavy atom. The van der Waals surface area contributed by atoms with Gasteiger partial charge in [-0.1, -0.05) is 18.2 Å². The lowest BCUT2D eigenvalue weighted by atomic mass is 10.0. The van der Waals surface area contributed by atoms with Gasteiger partial charge >= 0.3 is 6.61 Å². The summed E-state index contributed by atoms with van der Waals surface area (Å²) in [6.45, 7) is 0.707. The van der Waals surface area contributed by atoms with Crippen LogP contribution in [0.3, 0.4) is 0 Å². The molecule has 1 saturated carbocycles. The zero-order chi connectivity index (χ0) is 23.8. The van der Waals surface area contributed by atoms with Crippen LogP contribution in [0.25, 0.3) is 22.2 Å². The van der Waals surface area contributed by atoms with E-state index in [1.807, 2.05) is 16.7 Å². The molecule has 1 N–H and O–H groups in total. The lowest BCUT2D eigenvalue weighted by molar-refractivity contribution is -0.0507. The first-order chi connectivity index (χ1) is 16.2. The number of ether oxygens (including phenoxy) is 1. The smallest absolute Gasteiger partial charge is 0.387 e. The summed E-state index contributed by atoms with van der Waals surface area (Å²) < 4.78 is 49.7. The first-order valence-corrected chi connectivity index (χ1v) is 11.2. The Bertz CT molecular complexity index is 1410. The monoisotopic (exact) mass is 468 g/mol. The first-order valence-electron chi connectivity index (χ1n) is 11.2. The largest absolute Gasteiger partial charge is 0.434 e. The maximum Gasteiger partial charge on any atom is 0.387 e. The van der Waals surface area contributed by atoms with Crippen molar-refractivity contribution in [3.05, 3.63) is 66.0 Å². The molecular weight excluding hydrogens is 445 g/mol. The van der Waals surface area contributed by atoms with Crippen LogP contribution in [0.4, 0.5) is 13.2 Å². The third-order valence-corrected chi connectivity index (χ3v) is 6.61. The molecule has 2 aromatic carbocycles. The number of rotatable bonds is 6. The van der Waals surface area contributed by atoms with E-state index in [1.54, 1.807) is 49.1 Å². The fourth-order valence-electron chi connectivity index (χ4n) is 5.25. The molecule has 3 heterocycles. The number of nitrogens with zero attached hydrogens (tertiary/aromatic N) is 4.